The number of piperidine rings is 1. The summed E-state index contributed by atoms with van der Waals surface area (Å²) in [6.45, 7) is 1.17. The van der Waals surface area contributed by atoms with Gasteiger partial charge in [-0.3, -0.25) is 19.3 Å². The second-order valence-corrected chi connectivity index (χ2v) is 10.2. The highest BCUT2D eigenvalue weighted by molar-refractivity contribution is 6.22. The minimum absolute atomic E-state index is 0.152. The van der Waals surface area contributed by atoms with Crippen LogP contribution in [0.4, 0.5) is 5.69 Å². The van der Waals surface area contributed by atoms with Gasteiger partial charge < -0.3 is 9.47 Å². The summed E-state index contributed by atoms with van der Waals surface area (Å²) in [5, 5.41) is 0. The normalized spacial score (nSPS) is 18.1. The van der Waals surface area contributed by atoms with Gasteiger partial charge in [0, 0.05) is 5.56 Å². The highest BCUT2D eigenvalue weighted by atomic mass is 16.5. The van der Waals surface area contributed by atoms with Crippen LogP contribution in [0.2, 0.25) is 0 Å². The summed E-state index contributed by atoms with van der Waals surface area (Å²) in [7, 11) is 1.54. The SMILES string of the molecule is COc1ccc(C(=O)COC(=O)c2ccc(N3C(=O)CC(N4CCC(Cc5ccccc5)CC4)C3=O)cc2)cc1. The highest BCUT2D eigenvalue weighted by Crippen LogP contribution is 2.30. The lowest BCUT2D eigenvalue weighted by atomic mass is 9.89. The van der Waals surface area contributed by atoms with Crippen molar-refractivity contribution in [2.75, 3.05) is 31.7 Å². The number of nitrogens with zero attached hydrogens (tertiary/aromatic N) is 2. The molecule has 3 aromatic rings. The Balaban J connectivity index is 1.14. The molecular formula is C32H32N2O6. The molecule has 206 valence electrons. The van der Waals surface area contributed by atoms with Crippen LogP contribution >= 0.6 is 0 Å². The van der Waals surface area contributed by atoms with Gasteiger partial charge in [-0.2, -0.15) is 0 Å². The van der Waals surface area contributed by atoms with Gasteiger partial charge in [0.05, 0.1) is 30.8 Å². The fourth-order valence-electron chi connectivity index (χ4n) is 5.41. The van der Waals surface area contributed by atoms with Crippen LogP contribution in [-0.4, -0.2) is 61.3 Å². The van der Waals surface area contributed by atoms with Gasteiger partial charge >= 0.3 is 5.97 Å². The Morgan fingerprint density at radius 1 is 0.850 bits per heavy atom. The second kappa shape index (κ2) is 12.3. The first kappa shape index (κ1) is 27.3. The van der Waals surface area contributed by atoms with Gasteiger partial charge in [-0.15, -0.1) is 0 Å². The molecule has 2 heterocycles. The first-order chi connectivity index (χ1) is 19.4. The molecule has 3 aromatic carbocycles. The van der Waals surface area contributed by atoms with Crippen molar-refractivity contribution in [3.05, 3.63) is 95.6 Å². The third kappa shape index (κ3) is 6.13. The summed E-state index contributed by atoms with van der Waals surface area (Å²) >= 11 is 0. The van der Waals surface area contributed by atoms with E-state index in [0.717, 1.165) is 32.4 Å². The molecule has 8 nitrogen and oxygen atoms in total. The van der Waals surface area contributed by atoms with Gasteiger partial charge in [0.1, 0.15) is 5.75 Å². The molecule has 0 bridgehead atoms. The van der Waals surface area contributed by atoms with E-state index < -0.39 is 18.6 Å². The maximum Gasteiger partial charge on any atom is 0.338 e. The van der Waals surface area contributed by atoms with E-state index in [0.29, 0.717) is 22.9 Å². The summed E-state index contributed by atoms with van der Waals surface area (Å²) in [5.41, 5.74) is 2.38. The predicted octanol–water partition coefficient (Wildman–Crippen LogP) is 4.32. The Morgan fingerprint density at radius 2 is 1.50 bits per heavy atom. The van der Waals surface area contributed by atoms with E-state index in [4.69, 9.17) is 9.47 Å². The lowest BCUT2D eigenvalue weighted by molar-refractivity contribution is -0.123. The predicted molar refractivity (Wildman–Crippen MR) is 149 cm³/mol. The number of carbonyl (C=O) groups is 4. The Labute approximate surface area is 233 Å². The van der Waals surface area contributed by atoms with Gasteiger partial charge in [-0.1, -0.05) is 30.3 Å². The number of ketones is 1. The summed E-state index contributed by atoms with van der Waals surface area (Å²) in [4.78, 5) is 54.3. The van der Waals surface area contributed by atoms with E-state index in [-0.39, 0.29) is 29.6 Å². The van der Waals surface area contributed by atoms with E-state index in [9.17, 15) is 19.2 Å². The standard InChI is InChI=1S/C32H32N2O6/c1-39-27-13-9-24(10-14-27)29(35)21-40-32(38)25-7-11-26(12-8-25)34-30(36)20-28(31(34)37)33-17-15-23(16-18-33)19-22-5-3-2-4-6-22/h2-14,23,28H,15-21H2,1H3. The molecule has 1 atom stereocenters. The maximum atomic E-state index is 13.3. The van der Waals surface area contributed by atoms with Gasteiger partial charge in [0.25, 0.3) is 5.91 Å². The zero-order valence-electron chi connectivity index (χ0n) is 22.5. The Bertz CT molecular complexity index is 1360. The molecule has 0 radical (unpaired) electrons. The number of methoxy groups -OCH3 is 1. The van der Waals surface area contributed by atoms with Crippen molar-refractivity contribution < 1.29 is 28.7 Å². The van der Waals surface area contributed by atoms with Crippen LogP contribution in [0.5, 0.6) is 5.75 Å². The number of Topliss-reactive ketones (excluding diaryl/α,β-unsaturated/α-hetero) is 1. The monoisotopic (exact) mass is 540 g/mol. The van der Waals surface area contributed by atoms with E-state index in [1.165, 1.54) is 29.7 Å². The fraction of sp³-hybridized carbons (Fsp3) is 0.312. The molecule has 0 spiro atoms. The van der Waals surface area contributed by atoms with Crippen LogP contribution in [-0.2, 0) is 20.7 Å². The van der Waals surface area contributed by atoms with Gasteiger partial charge in [-0.25, -0.2) is 9.69 Å². The molecule has 5 rings (SSSR count). The molecular weight excluding hydrogens is 508 g/mol. The average molecular weight is 541 g/mol. The van der Waals surface area contributed by atoms with E-state index in [2.05, 4.69) is 29.2 Å². The molecule has 8 heteroatoms. The maximum absolute atomic E-state index is 13.3. The zero-order chi connectivity index (χ0) is 28.1. The fourth-order valence-corrected chi connectivity index (χ4v) is 5.41. The van der Waals surface area contributed by atoms with Crippen LogP contribution < -0.4 is 9.64 Å². The van der Waals surface area contributed by atoms with Crippen molar-refractivity contribution in [3.8, 4) is 5.75 Å². The third-order valence-corrected chi connectivity index (χ3v) is 7.69. The van der Waals surface area contributed by atoms with Gasteiger partial charge in [0.2, 0.25) is 5.91 Å². The average Bonchev–Trinajstić information content (AvgIpc) is 3.30. The molecule has 0 saturated carbocycles. The van der Waals surface area contributed by atoms with Gasteiger partial charge in [0.15, 0.2) is 12.4 Å². The molecule has 2 amide bonds. The number of esters is 1. The van der Waals surface area contributed by atoms with Crippen molar-refractivity contribution in [3.63, 3.8) is 0 Å². The molecule has 0 N–H and O–H groups in total. The van der Waals surface area contributed by atoms with Crippen LogP contribution in [0.3, 0.4) is 0 Å². The van der Waals surface area contributed by atoms with Crippen molar-refractivity contribution in [2.45, 2.75) is 31.7 Å². The van der Waals surface area contributed by atoms with Crippen molar-refractivity contribution in [1.29, 1.82) is 0 Å². The van der Waals surface area contributed by atoms with Crippen LogP contribution in [0, 0.1) is 5.92 Å². The highest BCUT2D eigenvalue weighted by Gasteiger charge is 2.43. The largest absolute Gasteiger partial charge is 0.497 e. The van der Waals surface area contributed by atoms with E-state index >= 15 is 0 Å². The van der Waals surface area contributed by atoms with E-state index in [1.54, 1.807) is 36.4 Å². The summed E-state index contributed by atoms with van der Waals surface area (Å²) < 4.78 is 10.3. The summed E-state index contributed by atoms with van der Waals surface area (Å²) in [6, 6.07) is 22.6. The topological polar surface area (TPSA) is 93.2 Å². The lowest BCUT2D eigenvalue weighted by Crippen LogP contribution is -2.46. The number of imide groups is 1. The molecule has 2 aliphatic heterocycles. The smallest absolute Gasteiger partial charge is 0.338 e. The van der Waals surface area contributed by atoms with Crippen molar-refractivity contribution in [2.24, 2.45) is 5.92 Å². The summed E-state index contributed by atoms with van der Waals surface area (Å²) in [6.07, 6.45) is 3.16. The van der Waals surface area contributed by atoms with E-state index in [1.807, 2.05) is 6.07 Å². The second-order valence-electron chi connectivity index (χ2n) is 10.2. The number of ether oxygens (including phenoxy) is 2. The first-order valence-corrected chi connectivity index (χ1v) is 13.5. The zero-order valence-corrected chi connectivity index (χ0v) is 22.5. The minimum Gasteiger partial charge on any atom is -0.497 e. The number of anilines is 1. The molecule has 2 aliphatic rings. The summed E-state index contributed by atoms with van der Waals surface area (Å²) in [5.74, 6) is -0.285. The van der Waals surface area contributed by atoms with Crippen molar-refractivity contribution in [1.82, 2.24) is 4.90 Å². The number of hydrogen-bond acceptors (Lipinski definition) is 7. The minimum atomic E-state index is -0.663. The molecule has 2 fully saturated rings. The number of carbonyl (C=O) groups excluding carboxylic acids is 4. The van der Waals surface area contributed by atoms with Crippen LogP contribution in [0.25, 0.3) is 0 Å². The third-order valence-electron chi connectivity index (χ3n) is 7.69. The molecule has 0 aromatic heterocycles. The number of amides is 2. The number of benzene rings is 3. The Hall–Kier alpha value is -4.30. The first-order valence-electron chi connectivity index (χ1n) is 13.5. The molecule has 2 saturated heterocycles. The number of rotatable bonds is 9. The Kier molecular flexibility index (Phi) is 8.36. The molecule has 1 unspecified atom stereocenters. The lowest BCUT2D eigenvalue weighted by Gasteiger charge is -2.34. The number of hydrogen-bond donors (Lipinski definition) is 0. The van der Waals surface area contributed by atoms with Crippen LogP contribution in [0.1, 0.15) is 45.5 Å². The number of likely N-dealkylation sites (tertiary alicyclic amines) is 1. The Morgan fingerprint density at radius 3 is 2.15 bits per heavy atom. The van der Waals surface area contributed by atoms with Crippen LogP contribution in [0.15, 0.2) is 78.9 Å². The quantitative estimate of drug-likeness (QED) is 0.227. The van der Waals surface area contributed by atoms with Crippen molar-refractivity contribution >= 4 is 29.3 Å². The molecule has 0 aliphatic carbocycles. The van der Waals surface area contributed by atoms with Gasteiger partial charge in [-0.05, 0) is 92.4 Å². The molecule has 40 heavy (non-hydrogen) atoms.